The molecule has 1 atom stereocenters. The van der Waals surface area contributed by atoms with E-state index in [2.05, 4.69) is 5.43 Å². The minimum Gasteiger partial charge on any atom is -0.339 e. The van der Waals surface area contributed by atoms with Crippen molar-refractivity contribution in [2.24, 2.45) is 11.8 Å². The Labute approximate surface area is 117 Å². The summed E-state index contributed by atoms with van der Waals surface area (Å²) in [5, 5.41) is 11.2. The van der Waals surface area contributed by atoms with Crippen molar-refractivity contribution in [3.05, 3.63) is 33.9 Å². The first-order valence-electron chi connectivity index (χ1n) is 6.32. The van der Waals surface area contributed by atoms with E-state index in [9.17, 15) is 14.9 Å². The maximum Gasteiger partial charge on any atom is 0.306 e. The van der Waals surface area contributed by atoms with Crippen molar-refractivity contribution in [1.29, 1.82) is 0 Å². The van der Waals surface area contributed by atoms with Crippen LogP contribution < -0.4 is 11.3 Å². The fraction of sp³-hybridized carbons (Fsp3) is 0.462. The zero-order chi connectivity index (χ0) is 15.4. The number of amides is 1. The highest BCUT2D eigenvalue weighted by Gasteiger charge is 2.28. The molecule has 1 aromatic carbocycles. The van der Waals surface area contributed by atoms with Gasteiger partial charge in [-0.2, -0.15) is 0 Å². The number of hydrazine groups is 1. The van der Waals surface area contributed by atoms with Gasteiger partial charge >= 0.3 is 5.69 Å². The Bertz CT molecular complexity index is 516. The minimum absolute atomic E-state index is 0.0282. The van der Waals surface area contributed by atoms with E-state index in [4.69, 9.17) is 5.84 Å². The van der Waals surface area contributed by atoms with E-state index >= 15 is 0 Å². The summed E-state index contributed by atoms with van der Waals surface area (Å²) in [6.45, 7) is 5.88. The Morgan fingerprint density at radius 1 is 1.40 bits per heavy atom. The van der Waals surface area contributed by atoms with Crippen LogP contribution in [-0.2, 0) is 0 Å². The zero-order valence-electron chi connectivity index (χ0n) is 12.1. The zero-order valence-corrected chi connectivity index (χ0v) is 12.1. The fourth-order valence-electron chi connectivity index (χ4n) is 1.85. The molecule has 110 valence electrons. The molecule has 0 aromatic heterocycles. The van der Waals surface area contributed by atoms with E-state index in [0.29, 0.717) is 0 Å². The molecule has 0 heterocycles. The lowest BCUT2D eigenvalue weighted by molar-refractivity contribution is -0.384. The van der Waals surface area contributed by atoms with Crippen molar-refractivity contribution in [2.75, 3.05) is 12.5 Å². The van der Waals surface area contributed by atoms with Crippen LogP contribution in [0, 0.1) is 16.0 Å². The second-order valence-electron chi connectivity index (χ2n) is 5.00. The summed E-state index contributed by atoms with van der Waals surface area (Å²) in [7, 11) is 1.64. The standard InChI is InChI=1S/C13H20N4O3/c1-8(2)9(3)16(4)13(18)10-6-5-7-11(15-14)12(10)17(19)20/h5-9,15H,14H2,1-4H3. The smallest absolute Gasteiger partial charge is 0.306 e. The third kappa shape index (κ3) is 3.05. The van der Waals surface area contributed by atoms with Crippen molar-refractivity contribution < 1.29 is 9.72 Å². The third-order valence-corrected chi connectivity index (χ3v) is 3.50. The van der Waals surface area contributed by atoms with E-state index < -0.39 is 10.8 Å². The van der Waals surface area contributed by atoms with Gasteiger partial charge in [-0.05, 0) is 25.0 Å². The number of hydrogen-bond donors (Lipinski definition) is 2. The van der Waals surface area contributed by atoms with Crippen molar-refractivity contribution in [2.45, 2.75) is 26.8 Å². The molecule has 0 aliphatic carbocycles. The van der Waals surface area contributed by atoms with Gasteiger partial charge in [0.2, 0.25) is 0 Å². The Morgan fingerprint density at radius 2 is 2.00 bits per heavy atom. The molecule has 0 aliphatic heterocycles. The number of para-hydroxylation sites is 1. The van der Waals surface area contributed by atoms with Crippen molar-refractivity contribution in [3.63, 3.8) is 0 Å². The summed E-state index contributed by atoms with van der Waals surface area (Å²) in [5.74, 6) is 5.12. The van der Waals surface area contributed by atoms with E-state index in [1.807, 2.05) is 20.8 Å². The Kier molecular flexibility index (Phi) is 5.04. The van der Waals surface area contributed by atoms with Gasteiger partial charge in [-0.3, -0.25) is 20.8 Å². The SMILES string of the molecule is CC(C)C(C)N(C)C(=O)c1cccc(NN)c1[N+](=O)[O-]. The average molecular weight is 280 g/mol. The van der Waals surface area contributed by atoms with E-state index in [0.717, 1.165) is 0 Å². The maximum absolute atomic E-state index is 12.4. The Morgan fingerprint density at radius 3 is 2.45 bits per heavy atom. The van der Waals surface area contributed by atoms with Gasteiger partial charge < -0.3 is 10.3 Å². The number of carbonyl (C=O) groups is 1. The normalized spacial score (nSPS) is 12.1. The first-order chi connectivity index (χ1) is 9.31. The van der Waals surface area contributed by atoms with Gasteiger partial charge in [-0.25, -0.2) is 0 Å². The molecule has 1 amide bonds. The number of nitrogens with one attached hydrogen (secondary N) is 1. The summed E-state index contributed by atoms with van der Waals surface area (Å²) in [6, 6.07) is 4.42. The van der Waals surface area contributed by atoms with Crippen LogP contribution in [0.5, 0.6) is 0 Å². The topological polar surface area (TPSA) is 102 Å². The summed E-state index contributed by atoms with van der Waals surface area (Å²) < 4.78 is 0. The van der Waals surface area contributed by atoms with Gasteiger partial charge in [0.1, 0.15) is 11.3 Å². The van der Waals surface area contributed by atoms with Crippen LogP contribution in [0.3, 0.4) is 0 Å². The number of benzene rings is 1. The number of nitrogens with two attached hydrogens (primary N) is 1. The number of carbonyl (C=O) groups excluding carboxylic acids is 1. The number of nitro benzene ring substituents is 1. The molecule has 0 saturated heterocycles. The second-order valence-corrected chi connectivity index (χ2v) is 5.00. The molecule has 0 aliphatic rings. The lowest BCUT2D eigenvalue weighted by atomic mass is 10.0. The predicted molar refractivity (Wildman–Crippen MR) is 77.3 cm³/mol. The number of hydrogen-bond acceptors (Lipinski definition) is 5. The number of nitrogen functional groups attached to an aromatic ring is 1. The first kappa shape index (κ1) is 15.9. The molecule has 7 nitrogen and oxygen atoms in total. The second kappa shape index (κ2) is 6.33. The highest BCUT2D eigenvalue weighted by molar-refractivity contribution is 6.00. The van der Waals surface area contributed by atoms with Crippen LogP contribution in [0.2, 0.25) is 0 Å². The van der Waals surface area contributed by atoms with E-state index in [-0.39, 0.29) is 28.9 Å². The van der Waals surface area contributed by atoms with Crippen LogP contribution >= 0.6 is 0 Å². The lowest BCUT2D eigenvalue weighted by Gasteiger charge is -2.28. The quantitative estimate of drug-likeness (QED) is 0.488. The molecule has 0 bridgehead atoms. The molecule has 1 unspecified atom stereocenters. The largest absolute Gasteiger partial charge is 0.339 e. The molecule has 7 heteroatoms. The molecule has 0 saturated carbocycles. The summed E-state index contributed by atoms with van der Waals surface area (Å²) in [4.78, 5) is 24.5. The van der Waals surface area contributed by atoms with Gasteiger partial charge in [0, 0.05) is 13.1 Å². The summed E-state index contributed by atoms with van der Waals surface area (Å²) >= 11 is 0. The first-order valence-corrected chi connectivity index (χ1v) is 6.32. The molecule has 3 N–H and O–H groups in total. The van der Waals surface area contributed by atoms with Crippen molar-refractivity contribution >= 4 is 17.3 Å². The molecule has 1 aromatic rings. The molecular formula is C13H20N4O3. The van der Waals surface area contributed by atoms with Gasteiger partial charge in [0.25, 0.3) is 5.91 Å². The molecular weight excluding hydrogens is 260 g/mol. The number of rotatable bonds is 5. The highest BCUT2D eigenvalue weighted by Crippen LogP contribution is 2.29. The maximum atomic E-state index is 12.4. The molecule has 20 heavy (non-hydrogen) atoms. The summed E-state index contributed by atoms with van der Waals surface area (Å²) in [5.41, 5.74) is 2.09. The highest BCUT2D eigenvalue weighted by atomic mass is 16.6. The Balaban J connectivity index is 3.26. The lowest BCUT2D eigenvalue weighted by Crippen LogP contribution is -2.38. The van der Waals surface area contributed by atoms with Crippen LogP contribution in [0.4, 0.5) is 11.4 Å². The van der Waals surface area contributed by atoms with Gasteiger partial charge in [-0.15, -0.1) is 0 Å². The third-order valence-electron chi connectivity index (χ3n) is 3.50. The molecule has 0 fully saturated rings. The molecule has 1 rings (SSSR count). The molecule has 0 spiro atoms. The van der Waals surface area contributed by atoms with Crippen LogP contribution in [0.1, 0.15) is 31.1 Å². The Hall–Kier alpha value is -2.15. The summed E-state index contributed by atoms with van der Waals surface area (Å²) in [6.07, 6.45) is 0. The van der Waals surface area contributed by atoms with E-state index in [1.165, 1.54) is 17.0 Å². The number of anilines is 1. The van der Waals surface area contributed by atoms with Gasteiger partial charge in [0.05, 0.1) is 4.92 Å². The van der Waals surface area contributed by atoms with Crippen LogP contribution in [0.25, 0.3) is 0 Å². The van der Waals surface area contributed by atoms with Gasteiger partial charge in [0.15, 0.2) is 0 Å². The monoisotopic (exact) mass is 280 g/mol. The van der Waals surface area contributed by atoms with Crippen molar-refractivity contribution in [1.82, 2.24) is 4.90 Å². The van der Waals surface area contributed by atoms with Crippen LogP contribution in [0.15, 0.2) is 18.2 Å². The van der Waals surface area contributed by atoms with Crippen LogP contribution in [-0.4, -0.2) is 28.8 Å². The molecule has 0 radical (unpaired) electrons. The fourth-order valence-corrected chi connectivity index (χ4v) is 1.85. The minimum atomic E-state index is -0.601. The van der Waals surface area contributed by atoms with E-state index in [1.54, 1.807) is 13.1 Å². The van der Waals surface area contributed by atoms with Gasteiger partial charge in [-0.1, -0.05) is 19.9 Å². The number of nitro groups is 1. The average Bonchev–Trinajstić information content (AvgIpc) is 2.43. The predicted octanol–water partition coefficient (Wildman–Crippen LogP) is 2.00. The number of nitrogens with zero attached hydrogens (tertiary/aromatic N) is 2. The van der Waals surface area contributed by atoms with Crippen molar-refractivity contribution in [3.8, 4) is 0 Å².